The smallest absolute Gasteiger partial charge is 0.255 e. The number of carbonyl (C=O) groups excluding carboxylic acids is 1. The van der Waals surface area contributed by atoms with Gasteiger partial charge in [-0.1, -0.05) is 6.07 Å². The number of aromatic nitrogens is 2. The molecule has 8 nitrogen and oxygen atoms in total. The number of methoxy groups -OCH3 is 2. The second kappa shape index (κ2) is 9.65. The van der Waals surface area contributed by atoms with Crippen LogP contribution in [0.15, 0.2) is 54.9 Å². The van der Waals surface area contributed by atoms with Crippen molar-refractivity contribution in [1.29, 1.82) is 0 Å². The number of carbonyl (C=O) groups is 1. The molecule has 2 N–H and O–H groups in total. The molecular weight excluding hydrogens is 408 g/mol. The molecule has 3 aromatic rings. The Morgan fingerprint density at radius 3 is 2.69 bits per heavy atom. The molecule has 0 bridgehead atoms. The van der Waals surface area contributed by atoms with Gasteiger partial charge in [0.25, 0.3) is 5.91 Å². The Bertz CT molecular complexity index is 1070. The van der Waals surface area contributed by atoms with Crippen molar-refractivity contribution in [3.63, 3.8) is 0 Å². The molecule has 0 saturated carbocycles. The molecule has 2 aromatic heterocycles. The number of rotatable bonds is 6. The molecule has 4 rings (SSSR count). The van der Waals surface area contributed by atoms with Crippen LogP contribution in [-0.2, 0) is 11.2 Å². The Hall–Kier alpha value is -3.65. The van der Waals surface area contributed by atoms with Gasteiger partial charge in [0.05, 0.1) is 38.6 Å². The summed E-state index contributed by atoms with van der Waals surface area (Å²) in [5.74, 6) is 1.88. The van der Waals surface area contributed by atoms with E-state index in [9.17, 15) is 4.79 Å². The first-order chi connectivity index (χ1) is 15.6. The molecule has 1 amide bonds. The number of nitrogens with zero attached hydrogens (tertiary/aromatic N) is 3. The zero-order chi connectivity index (χ0) is 22.5. The highest BCUT2D eigenvalue weighted by Gasteiger charge is 2.27. The lowest BCUT2D eigenvalue weighted by Gasteiger charge is -2.32. The third kappa shape index (κ3) is 4.81. The summed E-state index contributed by atoms with van der Waals surface area (Å²) < 4.78 is 16.7. The van der Waals surface area contributed by atoms with Gasteiger partial charge in [0.2, 0.25) is 0 Å². The fourth-order valence-electron chi connectivity index (χ4n) is 3.70. The number of nitrogen functional groups attached to an aromatic ring is 1. The summed E-state index contributed by atoms with van der Waals surface area (Å²) in [4.78, 5) is 23.2. The van der Waals surface area contributed by atoms with Gasteiger partial charge in [-0.25, -0.2) is 4.98 Å². The Kier molecular flexibility index (Phi) is 6.51. The van der Waals surface area contributed by atoms with Crippen molar-refractivity contribution in [2.24, 2.45) is 0 Å². The lowest BCUT2D eigenvalue weighted by atomic mass is 10.0. The highest BCUT2D eigenvalue weighted by molar-refractivity contribution is 5.94. The van der Waals surface area contributed by atoms with Gasteiger partial charge in [0.15, 0.2) is 0 Å². The molecule has 0 radical (unpaired) electrons. The minimum atomic E-state index is -0.283. The van der Waals surface area contributed by atoms with E-state index in [0.29, 0.717) is 37.5 Å². The Balaban J connectivity index is 1.45. The molecular formula is C24H26N4O4. The number of ether oxygens (including phenoxy) is 3. The van der Waals surface area contributed by atoms with Crippen LogP contribution in [-0.4, -0.2) is 54.7 Å². The SMILES string of the molecule is COc1ccc(OC)c(Cc2ccc([C@@H]3CN(C(=O)c4ccc(N)nc4)CCO3)nc2)c1. The van der Waals surface area contributed by atoms with Crippen molar-refractivity contribution in [3.8, 4) is 11.5 Å². The first kappa shape index (κ1) is 21.6. The van der Waals surface area contributed by atoms with Gasteiger partial charge in [-0.3, -0.25) is 9.78 Å². The van der Waals surface area contributed by atoms with Gasteiger partial charge in [-0.15, -0.1) is 0 Å². The molecule has 1 aromatic carbocycles. The Labute approximate surface area is 187 Å². The number of nitrogens with two attached hydrogens (primary N) is 1. The highest BCUT2D eigenvalue weighted by atomic mass is 16.5. The quantitative estimate of drug-likeness (QED) is 0.637. The van der Waals surface area contributed by atoms with Crippen LogP contribution in [0.25, 0.3) is 0 Å². The molecule has 1 atom stereocenters. The van der Waals surface area contributed by atoms with Crippen molar-refractivity contribution >= 4 is 11.7 Å². The number of pyridine rings is 2. The summed E-state index contributed by atoms with van der Waals surface area (Å²) in [6.07, 6.45) is 3.72. The van der Waals surface area contributed by atoms with Crippen molar-refractivity contribution in [1.82, 2.24) is 14.9 Å². The molecule has 0 unspecified atom stereocenters. The third-order valence-corrected chi connectivity index (χ3v) is 5.45. The Morgan fingerprint density at radius 2 is 2.00 bits per heavy atom. The van der Waals surface area contributed by atoms with Crippen LogP contribution in [0.5, 0.6) is 11.5 Å². The second-order valence-corrected chi connectivity index (χ2v) is 7.53. The molecule has 3 heterocycles. The van der Waals surface area contributed by atoms with Gasteiger partial charge in [-0.05, 0) is 42.0 Å². The van der Waals surface area contributed by atoms with Crippen molar-refractivity contribution in [2.75, 3.05) is 39.6 Å². The van der Waals surface area contributed by atoms with Gasteiger partial charge in [-0.2, -0.15) is 0 Å². The molecule has 32 heavy (non-hydrogen) atoms. The van der Waals surface area contributed by atoms with Crippen molar-refractivity contribution in [2.45, 2.75) is 12.5 Å². The molecule has 1 aliphatic rings. The van der Waals surface area contributed by atoms with Crippen LogP contribution < -0.4 is 15.2 Å². The minimum Gasteiger partial charge on any atom is -0.497 e. The molecule has 8 heteroatoms. The van der Waals surface area contributed by atoms with Crippen LogP contribution in [0.4, 0.5) is 5.82 Å². The van der Waals surface area contributed by atoms with Crippen LogP contribution in [0, 0.1) is 0 Å². The van der Waals surface area contributed by atoms with Gasteiger partial charge in [0.1, 0.15) is 23.4 Å². The van der Waals surface area contributed by atoms with E-state index in [1.54, 1.807) is 31.3 Å². The largest absolute Gasteiger partial charge is 0.497 e. The topological polar surface area (TPSA) is 99.8 Å². The zero-order valence-electron chi connectivity index (χ0n) is 18.2. The molecule has 1 saturated heterocycles. The zero-order valence-corrected chi connectivity index (χ0v) is 18.2. The lowest BCUT2D eigenvalue weighted by Crippen LogP contribution is -2.42. The average Bonchev–Trinajstić information content (AvgIpc) is 2.84. The molecule has 1 fully saturated rings. The van der Waals surface area contributed by atoms with E-state index in [2.05, 4.69) is 9.97 Å². The van der Waals surface area contributed by atoms with Crippen LogP contribution in [0.2, 0.25) is 0 Å². The number of hydrogen-bond donors (Lipinski definition) is 1. The molecule has 166 valence electrons. The van der Waals surface area contributed by atoms with E-state index >= 15 is 0 Å². The summed E-state index contributed by atoms with van der Waals surface area (Å²) in [6, 6.07) is 13.0. The van der Waals surface area contributed by atoms with E-state index in [1.165, 1.54) is 6.20 Å². The average molecular weight is 434 g/mol. The van der Waals surface area contributed by atoms with Gasteiger partial charge >= 0.3 is 0 Å². The normalized spacial score (nSPS) is 15.9. The number of benzene rings is 1. The fourth-order valence-corrected chi connectivity index (χ4v) is 3.70. The number of amides is 1. The van der Waals surface area contributed by atoms with E-state index in [0.717, 1.165) is 28.3 Å². The first-order valence-electron chi connectivity index (χ1n) is 10.4. The van der Waals surface area contributed by atoms with Gasteiger partial charge in [0, 0.05) is 30.9 Å². The summed E-state index contributed by atoms with van der Waals surface area (Å²) in [7, 11) is 3.30. The predicted octanol–water partition coefficient (Wildman–Crippen LogP) is 2.88. The highest BCUT2D eigenvalue weighted by Crippen LogP contribution is 2.27. The predicted molar refractivity (Wildman–Crippen MR) is 120 cm³/mol. The summed E-state index contributed by atoms with van der Waals surface area (Å²) in [6.45, 7) is 1.40. The fraction of sp³-hybridized carbons (Fsp3) is 0.292. The Morgan fingerprint density at radius 1 is 1.12 bits per heavy atom. The molecule has 0 spiro atoms. The minimum absolute atomic E-state index is 0.0902. The van der Waals surface area contributed by atoms with E-state index < -0.39 is 0 Å². The van der Waals surface area contributed by atoms with Crippen LogP contribution in [0.3, 0.4) is 0 Å². The first-order valence-corrected chi connectivity index (χ1v) is 10.4. The summed E-state index contributed by atoms with van der Waals surface area (Å²) in [5, 5.41) is 0. The maximum Gasteiger partial charge on any atom is 0.255 e. The monoisotopic (exact) mass is 434 g/mol. The number of morpholine rings is 1. The number of hydrogen-bond acceptors (Lipinski definition) is 7. The van der Waals surface area contributed by atoms with Crippen molar-refractivity contribution < 1.29 is 19.0 Å². The summed E-state index contributed by atoms with van der Waals surface area (Å²) in [5.41, 5.74) is 8.97. The van der Waals surface area contributed by atoms with Crippen LogP contribution >= 0.6 is 0 Å². The van der Waals surface area contributed by atoms with E-state index in [-0.39, 0.29) is 12.0 Å². The maximum atomic E-state index is 12.8. The lowest BCUT2D eigenvalue weighted by molar-refractivity contribution is -0.0247. The second-order valence-electron chi connectivity index (χ2n) is 7.53. The van der Waals surface area contributed by atoms with E-state index in [4.69, 9.17) is 19.9 Å². The summed E-state index contributed by atoms with van der Waals surface area (Å²) >= 11 is 0. The third-order valence-electron chi connectivity index (χ3n) is 5.45. The molecule has 1 aliphatic heterocycles. The van der Waals surface area contributed by atoms with Crippen molar-refractivity contribution in [3.05, 3.63) is 77.2 Å². The standard InChI is InChI=1S/C24H26N4O4/c1-30-19-5-7-21(31-2)18(12-19)11-16-3-6-20(26-13-16)22-15-28(9-10-32-22)24(29)17-4-8-23(25)27-14-17/h3-8,12-14,22H,9-11,15H2,1-2H3,(H2,25,27)/t22-/m0/s1. The van der Waals surface area contributed by atoms with Gasteiger partial charge < -0.3 is 24.8 Å². The maximum absolute atomic E-state index is 12.8. The van der Waals surface area contributed by atoms with Crippen LogP contribution in [0.1, 0.15) is 33.3 Å². The molecule has 0 aliphatic carbocycles. The number of anilines is 1. The van der Waals surface area contributed by atoms with E-state index in [1.807, 2.05) is 36.5 Å².